The predicted molar refractivity (Wildman–Crippen MR) is 196 cm³/mol. The first-order chi connectivity index (χ1) is 22.6. The van der Waals surface area contributed by atoms with Gasteiger partial charge in [-0.1, -0.05) is 36.4 Å². The van der Waals surface area contributed by atoms with Crippen LogP contribution in [0.2, 0.25) is 0 Å². The molecule has 10 nitrogen and oxygen atoms in total. The zero-order chi connectivity index (χ0) is 35.2. The lowest BCUT2D eigenvalue weighted by Gasteiger charge is -2.31. The average Bonchev–Trinajstić information content (AvgIpc) is 3.15. The summed E-state index contributed by atoms with van der Waals surface area (Å²) < 4.78 is 24.2. The smallest absolute Gasteiger partial charge is 0.250 e. The topological polar surface area (TPSA) is 148 Å². The molecule has 3 atom stereocenters. The Kier molecular flexibility index (Phi) is 12.8. The molecule has 2 aliphatic rings. The summed E-state index contributed by atoms with van der Waals surface area (Å²) in [6.07, 6.45) is 6.41. The standard InChI is InChI=1S/C35H46N4O6S3/c1-34(2,3)38-32-26(8-7-9-30(32)48(44)45)23-12-10-22(11-13-23)19-39-28-15-14-25(46-6)16-29(28)47-21-27(33(39)43)37-31(42)17-35(4,5)36-18-24(41)20-40/h7-16,24,27,32,36,38,40-41H,17-21H2,1-6H3,(H,37,42)/t24-,27+,32?/m0/s1. The predicted octanol–water partition coefficient (Wildman–Crippen LogP) is 3.41. The minimum atomic E-state index is -2.39. The second kappa shape index (κ2) is 16.2. The van der Waals surface area contributed by atoms with Gasteiger partial charge in [-0.25, -0.2) is 0 Å². The highest BCUT2D eigenvalue weighted by Gasteiger charge is 2.34. The Balaban J connectivity index is 1.58. The summed E-state index contributed by atoms with van der Waals surface area (Å²) in [5, 5.41) is 28.3. The quantitative estimate of drug-likeness (QED) is 0.164. The van der Waals surface area contributed by atoms with E-state index in [1.54, 1.807) is 28.8 Å². The molecule has 2 aromatic carbocycles. The van der Waals surface area contributed by atoms with Gasteiger partial charge >= 0.3 is 0 Å². The number of nitrogens with one attached hydrogen (secondary N) is 3. The van der Waals surface area contributed by atoms with Crippen molar-refractivity contribution in [3.8, 4) is 0 Å². The number of hydrogen-bond acceptors (Lipinski definition) is 10. The maximum Gasteiger partial charge on any atom is 0.250 e. The molecule has 260 valence electrons. The molecular formula is C35H46N4O6S3. The number of aliphatic hydroxyl groups is 2. The van der Waals surface area contributed by atoms with E-state index in [1.165, 1.54) is 11.8 Å². The first-order valence-corrected chi connectivity index (χ1v) is 19.1. The van der Waals surface area contributed by atoms with Crippen LogP contribution in [-0.4, -0.2) is 89.7 Å². The molecule has 2 aromatic rings. The number of carbonyl (C=O) groups is 2. The van der Waals surface area contributed by atoms with Crippen molar-refractivity contribution >= 4 is 61.8 Å². The molecule has 1 unspecified atom stereocenters. The zero-order valence-corrected chi connectivity index (χ0v) is 30.7. The van der Waals surface area contributed by atoms with E-state index in [2.05, 4.69) is 22.0 Å². The Labute approximate surface area is 293 Å². The van der Waals surface area contributed by atoms with Crippen molar-refractivity contribution in [1.29, 1.82) is 0 Å². The lowest BCUT2D eigenvalue weighted by Crippen LogP contribution is -2.52. The maximum absolute atomic E-state index is 14.1. The number of carbonyl (C=O) groups excluding carboxylic acids is 2. The summed E-state index contributed by atoms with van der Waals surface area (Å²) in [6, 6.07) is 12.5. The van der Waals surface area contributed by atoms with Gasteiger partial charge in [0.25, 0.3) is 5.91 Å². The molecule has 5 N–H and O–H groups in total. The fraction of sp³-hybridized carbons (Fsp3) is 0.457. The third-order valence-corrected chi connectivity index (χ3v) is 10.5. The summed E-state index contributed by atoms with van der Waals surface area (Å²) in [5.74, 6) is -0.150. The fourth-order valence-corrected chi connectivity index (χ4v) is 7.71. The minimum absolute atomic E-state index is 0.0693. The summed E-state index contributed by atoms with van der Waals surface area (Å²) in [7, 11) is -2.39. The van der Waals surface area contributed by atoms with Crippen molar-refractivity contribution in [3.05, 3.63) is 71.8 Å². The second-order valence-corrected chi connectivity index (χ2v) is 16.5. The van der Waals surface area contributed by atoms with Gasteiger partial charge in [0.15, 0.2) is 0 Å². The van der Waals surface area contributed by atoms with Gasteiger partial charge in [-0.3, -0.25) is 9.59 Å². The number of thioether (sulfide) groups is 2. The molecule has 1 aliphatic carbocycles. The van der Waals surface area contributed by atoms with Crippen LogP contribution >= 0.6 is 23.5 Å². The SMILES string of the molecule is CSc1ccc2c(c1)SC[C@@H](NC(=O)CC(C)(C)NC[C@H](O)CO)C(=O)N2Cc1ccc(C2=CC=CC(=S(=O)=O)C2NC(C)(C)C)cc1. The minimum Gasteiger partial charge on any atom is -0.394 e. The molecule has 13 heteroatoms. The summed E-state index contributed by atoms with van der Waals surface area (Å²) >= 11 is 3.15. The first kappa shape index (κ1) is 37.9. The highest BCUT2D eigenvalue weighted by Crippen LogP contribution is 2.38. The Morgan fingerprint density at radius 2 is 1.83 bits per heavy atom. The van der Waals surface area contributed by atoms with Crippen molar-refractivity contribution in [2.24, 2.45) is 0 Å². The van der Waals surface area contributed by atoms with Gasteiger partial charge in [0, 0.05) is 39.6 Å². The molecule has 1 heterocycles. The van der Waals surface area contributed by atoms with Crippen LogP contribution in [0.15, 0.2) is 70.5 Å². The number of nitrogens with zero attached hydrogens (tertiary/aromatic N) is 1. The van der Waals surface area contributed by atoms with Crippen LogP contribution in [0.3, 0.4) is 0 Å². The van der Waals surface area contributed by atoms with E-state index in [-0.39, 0.29) is 48.3 Å². The number of rotatable bonds is 12. The van der Waals surface area contributed by atoms with Crippen LogP contribution in [-0.2, 0) is 26.4 Å². The lowest BCUT2D eigenvalue weighted by atomic mass is 9.90. The number of fused-ring (bicyclic) bond motifs is 1. The van der Waals surface area contributed by atoms with Crippen LogP contribution in [0.1, 0.15) is 52.2 Å². The van der Waals surface area contributed by atoms with E-state index in [1.807, 2.05) is 83.3 Å². The summed E-state index contributed by atoms with van der Waals surface area (Å²) in [5.41, 5.74) is 2.33. The largest absolute Gasteiger partial charge is 0.394 e. The van der Waals surface area contributed by atoms with Gasteiger partial charge < -0.3 is 31.1 Å². The molecule has 0 bridgehead atoms. The van der Waals surface area contributed by atoms with E-state index in [0.29, 0.717) is 5.75 Å². The van der Waals surface area contributed by atoms with Gasteiger partial charge in [0.2, 0.25) is 16.2 Å². The van der Waals surface area contributed by atoms with Gasteiger partial charge in [-0.15, -0.1) is 23.5 Å². The van der Waals surface area contributed by atoms with Crippen molar-refractivity contribution < 1.29 is 28.2 Å². The van der Waals surface area contributed by atoms with Crippen molar-refractivity contribution in [1.82, 2.24) is 16.0 Å². The Morgan fingerprint density at radius 3 is 2.46 bits per heavy atom. The molecule has 1 aliphatic heterocycles. The molecule has 0 fully saturated rings. The number of β-amino-alcohol motifs (C(OH)–C–C–N with tert-alkyl or cyclic N) is 1. The molecule has 0 aromatic heterocycles. The van der Waals surface area contributed by atoms with Gasteiger partial charge in [0.1, 0.15) is 6.04 Å². The number of anilines is 1. The molecule has 2 amide bonds. The van der Waals surface area contributed by atoms with E-state index < -0.39 is 34.0 Å². The monoisotopic (exact) mass is 714 g/mol. The molecule has 48 heavy (non-hydrogen) atoms. The molecule has 0 radical (unpaired) electrons. The lowest BCUT2D eigenvalue weighted by molar-refractivity contribution is -0.128. The number of aliphatic hydroxyl groups excluding tert-OH is 2. The summed E-state index contributed by atoms with van der Waals surface area (Å²) in [4.78, 5) is 31.4. The third-order valence-electron chi connectivity index (χ3n) is 7.92. The third kappa shape index (κ3) is 10.1. The van der Waals surface area contributed by atoms with E-state index in [0.717, 1.165) is 32.2 Å². The van der Waals surface area contributed by atoms with Crippen molar-refractivity contribution in [2.75, 3.05) is 30.1 Å². The van der Waals surface area contributed by atoms with Gasteiger partial charge in [0.05, 0.1) is 35.8 Å². The molecule has 0 spiro atoms. The first-order valence-electron chi connectivity index (χ1n) is 15.8. The highest BCUT2D eigenvalue weighted by atomic mass is 32.2. The number of benzene rings is 2. The van der Waals surface area contributed by atoms with Crippen molar-refractivity contribution in [2.45, 2.75) is 86.6 Å². The van der Waals surface area contributed by atoms with Crippen LogP contribution in [0.5, 0.6) is 0 Å². The van der Waals surface area contributed by atoms with Gasteiger partial charge in [-0.2, -0.15) is 8.42 Å². The second-order valence-electron chi connectivity index (χ2n) is 13.6. The normalized spacial score (nSPS) is 19.0. The number of hydrogen-bond donors (Lipinski definition) is 5. The Morgan fingerprint density at radius 1 is 1.12 bits per heavy atom. The van der Waals surface area contributed by atoms with Crippen molar-refractivity contribution in [3.63, 3.8) is 0 Å². The molecule has 4 rings (SSSR count). The Hall–Kier alpha value is -2.91. The average molecular weight is 715 g/mol. The number of allylic oxidation sites excluding steroid dienone is 2. The van der Waals surface area contributed by atoms with Crippen LogP contribution in [0.4, 0.5) is 5.69 Å². The molecular weight excluding hydrogens is 669 g/mol. The Bertz CT molecular complexity index is 1690. The van der Waals surface area contributed by atoms with Crippen LogP contribution in [0.25, 0.3) is 5.57 Å². The number of amides is 2. The van der Waals surface area contributed by atoms with E-state index in [4.69, 9.17) is 5.11 Å². The van der Waals surface area contributed by atoms with Crippen LogP contribution in [0, 0.1) is 0 Å². The summed E-state index contributed by atoms with van der Waals surface area (Å²) in [6.45, 7) is 9.66. The van der Waals surface area contributed by atoms with Gasteiger partial charge in [-0.05, 0) is 81.8 Å². The molecule has 0 saturated heterocycles. The zero-order valence-electron chi connectivity index (χ0n) is 28.2. The fourth-order valence-electron chi connectivity index (χ4n) is 5.52. The maximum atomic E-state index is 14.1. The highest BCUT2D eigenvalue weighted by molar-refractivity contribution is 8.00. The van der Waals surface area contributed by atoms with E-state index in [9.17, 15) is 23.1 Å². The molecule has 0 saturated carbocycles. The van der Waals surface area contributed by atoms with Crippen LogP contribution < -0.4 is 20.9 Å². The van der Waals surface area contributed by atoms with E-state index >= 15 is 0 Å².